The van der Waals surface area contributed by atoms with Crippen LogP contribution in [0.4, 0.5) is 0 Å². The van der Waals surface area contributed by atoms with Crippen molar-refractivity contribution >= 4 is 24.2 Å². The van der Waals surface area contributed by atoms with Gasteiger partial charge in [0.2, 0.25) is 0 Å². The van der Waals surface area contributed by atoms with Gasteiger partial charge in [-0.1, -0.05) is 24.3 Å². The van der Waals surface area contributed by atoms with Crippen LogP contribution in [0.5, 0.6) is 0 Å². The summed E-state index contributed by atoms with van der Waals surface area (Å²) in [6.45, 7) is 1.87. The van der Waals surface area contributed by atoms with E-state index in [9.17, 15) is 0 Å². The summed E-state index contributed by atoms with van der Waals surface area (Å²) in [7, 11) is -1.40. The summed E-state index contributed by atoms with van der Waals surface area (Å²) in [6.07, 6.45) is 0. The van der Waals surface area contributed by atoms with E-state index in [1.54, 1.807) is 24.3 Å². The van der Waals surface area contributed by atoms with Crippen LogP contribution in [-0.4, -0.2) is 17.2 Å². The lowest BCUT2D eigenvalue weighted by atomic mass is 9.80. The van der Waals surface area contributed by atoms with E-state index in [-0.39, 0.29) is 5.38 Å². The number of rotatable bonds is 2. The first-order valence-corrected chi connectivity index (χ1v) is 4.15. The van der Waals surface area contributed by atoms with Gasteiger partial charge in [0.05, 0.1) is 5.38 Å². The second-order valence-corrected chi connectivity index (χ2v) is 3.31. The molecule has 2 nitrogen and oxygen atoms in total. The smallest absolute Gasteiger partial charge is 0.423 e. The van der Waals surface area contributed by atoms with Crippen LogP contribution in [-0.2, 0) is 0 Å². The quantitative estimate of drug-likeness (QED) is 0.524. The Morgan fingerprint density at radius 3 is 2.08 bits per heavy atom. The lowest BCUT2D eigenvalue weighted by Crippen LogP contribution is -2.29. The van der Waals surface area contributed by atoms with Crippen molar-refractivity contribution < 1.29 is 10.0 Å². The number of benzene rings is 1. The first-order chi connectivity index (χ1) is 5.61. The second-order valence-electron chi connectivity index (χ2n) is 2.66. The molecule has 4 heteroatoms. The maximum absolute atomic E-state index is 8.78. The third-order valence-corrected chi connectivity index (χ3v) is 1.95. The van der Waals surface area contributed by atoms with E-state index in [0.29, 0.717) is 5.46 Å². The minimum atomic E-state index is -1.40. The van der Waals surface area contributed by atoms with Gasteiger partial charge < -0.3 is 10.0 Å². The molecule has 1 aromatic rings. The molecule has 0 aromatic heterocycles. The van der Waals surface area contributed by atoms with Crippen molar-refractivity contribution in [2.45, 2.75) is 12.3 Å². The van der Waals surface area contributed by atoms with E-state index in [0.717, 1.165) is 5.56 Å². The third-order valence-electron chi connectivity index (χ3n) is 1.69. The first kappa shape index (κ1) is 9.58. The number of alkyl halides is 1. The van der Waals surface area contributed by atoms with E-state index in [4.69, 9.17) is 21.6 Å². The van der Waals surface area contributed by atoms with Gasteiger partial charge in [-0.05, 0) is 17.9 Å². The monoisotopic (exact) mass is 184 g/mol. The Hall–Kier alpha value is -0.505. The van der Waals surface area contributed by atoms with Gasteiger partial charge in [-0.25, -0.2) is 0 Å². The summed E-state index contributed by atoms with van der Waals surface area (Å²) < 4.78 is 0. The molecule has 0 radical (unpaired) electrons. The molecule has 1 rings (SSSR count). The fraction of sp³-hybridized carbons (Fsp3) is 0.250. The molecule has 0 aliphatic rings. The number of hydrogen-bond donors (Lipinski definition) is 2. The fourth-order valence-electron chi connectivity index (χ4n) is 0.933. The zero-order valence-corrected chi connectivity index (χ0v) is 7.49. The molecule has 0 bridgehead atoms. The summed E-state index contributed by atoms with van der Waals surface area (Å²) in [5.41, 5.74) is 1.46. The SMILES string of the molecule is CC(Cl)c1ccc(B(O)O)cc1. The summed E-state index contributed by atoms with van der Waals surface area (Å²) in [5.74, 6) is 0. The molecule has 0 aliphatic carbocycles. The topological polar surface area (TPSA) is 40.5 Å². The van der Waals surface area contributed by atoms with Crippen molar-refractivity contribution in [3.8, 4) is 0 Å². The van der Waals surface area contributed by atoms with Crippen molar-refractivity contribution in [2.75, 3.05) is 0 Å². The van der Waals surface area contributed by atoms with E-state index in [2.05, 4.69) is 0 Å². The second kappa shape index (κ2) is 3.94. The fourth-order valence-corrected chi connectivity index (χ4v) is 1.08. The van der Waals surface area contributed by atoms with Crippen molar-refractivity contribution in [1.29, 1.82) is 0 Å². The van der Waals surface area contributed by atoms with Crippen LogP contribution in [0.2, 0.25) is 0 Å². The summed E-state index contributed by atoms with van der Waals surface area (Å²) in [6, 6.07) is 6.87. The highest BCUT2D eigenvalue weighted by Gasteiger charge is 2.10. The molecule has 64 valence electrons. The predicted molar refractivity (Wildman–Crippen MR) is 50.5 cm³/mol. The summed E-state index contributed by atoms with van der Waals surface area (Å²) >= 11 is 5.81. The van der Waals surface area contributed by atoms with E-state index in [1.807, 2.05) is 6.92 Å². The third kappa shape index (κ3) is 2.24. The van der Waals surface area contributed by atoms with Gasteiger partial charge in [-0.3, -0.25) is 0 Å². The molecule has 1 aromatic carbocycles. The van der Waals surface area contributed by atoms with Gasteiger partial charge in [0, 0.05) is 0 Å². The van der Waals surface area contributed by atoms with E-state index in [1.165, 1.54) is 0 Å². The van der Waals surface area contributed by atoms with Gasteiger partial charge >= 0.3 is 7.12 Å². The van der Waals surface area contributed by atoms with Crippen molar-refractivity contribution in [2.24, 2.45) is 0 Å². The average molecular weight is 184 g/mol. The molecule has 1 unspecified atom stereocenters. The maximum Gasteiger partial charge on any atom is 0.488 e. The van der Waals surface area contributed by atoms with Crippen LogP contribution in [0.25, 0.3) is 0 Å². The van der Waals surface area contributed by atoms with E-state index >= 15 is 0 Å². The van der Waals surface area contributed by atoms with Gasteiger partial charge in [0.1, 0.15) is 0 Å². The van der Waals surface area contributed by atoms with Gasteiger partial charge in [-0.2, -0.15) is 0 Å². The van der Waals surface area contributed by atoms with Crippen LogP contribution in [0.3, 0.4) is 0 Å². The lowest BCUT2D eigenvalue weighted by molar-refractivity contribution is 0.426. The molecule has 2 N–H and O–H groups in total. The lowest BCUT2D eigenvalue weighted by Gasteiger charge is -2.04. The Bertz CT molecular complexity index is 219. The van der Waals surface area contributed by atoms with Crippen molar-refractivity contribution in [3.63, 3.8) is 0 Å². The van der Waals surface area contributed by atoms with Crippen LogP contribution in [0.15, 0.2) is 24.3 Å². The summed E-state index contributed by atoms with van der Waals surface area (Å²) in [5, 5.41) is 17.5. The van der Waals surface area contributed by atoms with Crippen LogP contribution in [0.1, 0.15) is 17.9 Å². The molecule has 0 heterocycles. The minimum Gasteiger partial charge on any atom is -0.423 e. The Morgan fingerprint density at radius 1 is 1.25 bits per heavy atom. The molecule has 12 heavy (non-hydrogen) atoms. The average Bonchev–Trinajstić information content (AvgIpc) is 2.04. The first-order valence-electron chi connectivity index (χ1n) is 3.71. The summed E-state index contributed by atoms with van der Waals surface area (Å²) in [4.78, 5) is 0. The molecule has 1 atom stereocenters. The zero-order valence-electron chi connectivity index (χ0n) is 6.74. The van der Waals surface area contributed by atoms with Gasteiger partial charge in [-0.15, -0.1) is 11.6 Å². The Balaban J connectivity index is 2.86. The Morgan fingerprint density at radius 2 is 1.75 bits per heavy atom. The Kier molecular flexibility index (Phi) is 3.15. The van der Waals surface area contributed by atoms with Crippen molar-refractivity contribution in [3.05, 3.63) is 29.8 Å². The zero-order chi connectivity index (χ0) is 9.14. The number of halogens is 1. The molecule has 0 saturated heterocycles. The molecule has 0 saturated carbocycles. The molecular formula is C8H10BClO2. The van der Waals surface area contributed by atoms with Gasteiger partial charge in [0.15, 0.2) is 0 Å². The van der Waals surface area contributed by atoms with Crippen LogP contribution in [0, 0.1) is 0 Å². The maximum atomic E-state index is 8.78. The van der Waals surface area contributed by atoms with E-state index < -0.39 is 7.12 Å². The van der Waals surface area contributed by atoms with Crippen LogP contribution >= 0.6 is 11.6 Å². The Labute approximate surface area is 76.9 Å². The normalized spacial score (nSPS) is 12.7. The van der Waals surface area contributed by atoms with Crippen molar-refractivity contribution in [1.82, 2.24) is 0 Å². The number of hydrogen-bond acceptors (Lipinski definition) is 2. The molecule has 0 fully saturated rings. The minimum absolute atomic E-state index is 0.0464. The highest BCUT2D eigenvalue weighted by Crippen LogP contribution is 2.17. The largest absolute Gasteiger partial charge is 0.488 e. The molecule has 0 spiro atoms. The molecule has 0 aliphatic heterocycles. The molecular weight excluding hydrogens is 174 g/mol. The predicted octanol–water partition coefficient (Wildman–Crippen LogP) is 0.666. The highest BCUT2D eigenvalue weighted by atomic mass is 35.5. The van der Waals surface area contributed by atoms with Crippen LogP contribution < -0.4 is 5.46 Å². The van der Waals surface area contributed by atoms with Gasteiger partial charge in [0.25, 0.3) is 0 Å². The highest BCUT2D eigenvalue weighted by molar-refractivity contribution is 6.58. The standard InChI is InChI=1S/C8H10BClO2/c1-6(10)7-2-4-8(5-3-7)9(11)12/h2-6,11-12H,1H3. The molecule has 0 amide bonds.